The summed E-state index contributed by atoms with van der Waals surface area (Å²) in [7, 11) is 0. The van der Waals surface area contributed by atoms with E-state index in [1.165, 1.54) is 11.3 Å². The average molecular weight is 280 g/mol. The lowest BCUT2D eigenvalue weighted by atomic mass is 9.97. The van der Waals surface area contributed by atoms with Crippen LogP contribution in [-0.4, -0.2) is 22.7 Å². The first-order valence-corrected chi connectivity index (χ1v) is 8.50. The molecule has 2 rings (SSSR count). The molecule has 0 fully saturated rings. The third-order valence-corrected chi connectivity index (χ3v) is 4.97. The first-order valence-electron chi connectivity index (χ1n) is 6.29. The van der Waals surface area contributed by atoms with E-state index in [1.54, 1.807) is 11.8 Å². The van der Waals surface area contributed by atoms with Gasteiger partial charge in [0.15, 0.2) is 5.17 Å². The van der Waals surface area contributed by atoms with Gasteiger partial charge in [0, 0.05) is 16.3 Å². The fourth-order valence-corrected chi connectivity index (χ4v) is 3.44. The molecule has 2 nitrogen and oxygen atoms in total. The first-order chi connectivity index (χ1) is 8.65. The highest BCUT2D eigenvalue weighted by atomic mass is 32.2. The van der Waals surface area contributed by atoms with Gasteiger partial charge < -0.3 is 5.32 Å². The monoisotopic (exact) mass is 280 g/mol. The van der Waals surface area contributed by atoms with Crippen LogP contribution in [0.4, 0.5) is 5.69 Å². The summed E-state index contributed by atoms with van der Waals surface area (Å²) in [6, 6.07) is 8.51. The van der Waals surface area contributed by atoms with E-state index in [0.717, 1.165) is 23.0 Å². The number of thioether (sulfide) groups is 2. The number of benzene rings is 1. The van der Waals surface area contributed by atoms with Gasteiger partial charge in [-0.1, -0.05) is 18.7 Å². The zero-order chi connectivity index (χ0) is 13.0. The maximum atomic E-state index is 4.83. The van der Waals surface area contributed by atoms with Gasteiger partial charge in [-0.05, 0) is 50.3 Å². The topological polar surface area (TPSA) is 24.4 Å². The fraction of sp³-hybridized carbons (Fsp3) is 0.500. The van der Waals surface area contributed by atoms with Gasteiger partial charge in [0.05, 0.1) is 5.54 Å². The third kappa shape index (κ3) is 3.45. The van der Waals surface area contributed by atoms with Crippen LogP contribution in [0.3, 0.4) is 0 Å². The second-order valence-corrected chi connectivity index (χ2v) is 6.68. The molecule has 0 saturated heterocycles. The lowest BCUT2D eigenvalue weighted by molar-refractivity contribution is 0.443. The summed E-state index contributed by atoms with van der Waals surface area (Å²) >= 11 is 3.58. The number of aliphatic imine (C=N–C) groups is 1. The molecule has 4 heteroatoms. The van der Waals surface area contributed by atoms with Crippen molar-refractivity contribution in [3.63, 3.8) is 0 Å². The van der Waals surface area contributed by atoms with Crippen molar-refractivity contribution in [3.05, 3.63) is 24.3 Å². The summed E-state index contributed by atoms with van der Waals surface area (Å²) in [5.41, 5.74) is 1.24. The maximum absolute atomic E-state index is 4.83. The molecule has 0 bridgehead atoms. The molecule has 18 heavy (non-hydrogen) atoms. The van der Waals surface area contributed by atoms with E-state index in [-0.39, 0.29) is 5.54 Å². The van der Waals surface area contributed by atoms with Gasteiger partial charge in [-0.25, -0.2) is 0 Å². The summed E-state index contributed by atoms with van der Waals surface area (Å²) in [4.78, 5) is 6.12. The number of amidine groups is 1. The standard InChI is InChI=1S/C14H20N2S2/c1-4-14(2)9-10-18-13(16-14)15-11-5-7-12(17-3)8-6-11/h5-8H,4,9-10H2,1-3H3,(H,15,16). The molecule has 1 N–H and O–H groups in total. The van der Waals surface area contributed by atoms with E-state index in [2.05, 4.69) is 49.7 Å². The maximum Gasteiger partial charge on any atom is 0.161 e. The fourth-order valence-electron chi connectivity index (χ4n) is 1.82. The van der Waals surface area contributed by atoms with Crippen molar-refractivity contribution < 1.29 is 0 Å². The van der Waals surface area contributed by atoms with Crippen LogP contribution in [0.2, 0.25) is 0 Å². The molecule has 1 atom stereocenters. The third-order valence-electron chi connectivity index (χ3n) is 3.35. The van der Waals surface area contributed by atoms with E-state index < -0.39 is 0 Å². The predicted molar refractivity (Wildman–Crippen MR) is 85.1 cm³/mol. The van der Waals surface area contributed by atoms with Crippen molar-refractivity contribution in [1.29, 1.82) is 0 Å². The van der Waals surface area contributed by atoms with E-state index in [1.807, 2.05) is 11.8 Å². The van der Waals surface area contributed by atoms with Crippen LogP contribution in [0.5, 0.6) is 0 Å². The van der Waals surface area contributed by atoms with Gasteiger partial charge in [-0.2, -0.15) is 0 Å². The van der Waals surface area contributed by atoms with E-state index in [0.29, 0.717) is 0 Å². The molecule has 1 aromatic carbocycles. The van der Waals surface area contributed by atoms with Gasteiger partial charge in [0.25, 0.3) is 0 Å². The van der Waals surface area contributed by atoms with Crippen molar-refractivity contribution in [2.75, 3.05) is 17.3 Å². The Morgan fingerprint density at radius 1 is 1.39 bits per heavy atom. The first kappa shape index (κ1) is 13.8. The molecule has 1 heterocycles. The van der Waals surface area contributed by atoms with E-state index in [9.17, 15) is 0 Å². The van der Waals surface area contributed by atoms with Gasteiger partial charge in [0.2, 0.25) is 0 Å². The Bertz CT molecular complexity index is 428. The molecule has 0 radical (unpaired) electrons. The Morgan fingerprint density at radius 2 is 2.11 bits per heavy atom. The highest BCUT2D eigenvalue weighted by Crippen LogP contribution is 2.30. The van der Waals surface area contributed by atoms with Gasteiger partial charge >= 0.3 is 0 Å². The second-order valence-electron chi connectivity index (χ2n) is 4.72. The molecular formula is C14H20N2S2. The van der Waals surface area contributed by atoms with Gasteiger partial charge in [-0.3, -0.25) is 4.99 Å². The lowest BCUT2D eigenvalue weighted by Gasteiger charge is -2.29. The van der Waals surface area contributed by atoms with E-state index in [4.69, 9.17) is 4.99 Å². The number of anilines is 1. The highest BCUT2D eigenvalue weighted by Gasteiger charge is 2.25. The zero-order valence-corrected chi connectivity index (χ0v) is 12.8. The van der Waals surface area contributed by atoms with Crippen LogP contribution in [0.25, 0.3) is 0 Å². The highest BCUT2D eigenvalue weighted by molar-refractivity contribution is 8.14. The van der Waals surface area contributed by atoms with Crippen molar-refractivity contribution >= 4 is 34.4 Å². The number of rotatable bonds is 3. The van der Waals surface area contributed by atoms with Crippen molar-refractivity contribution in [1.82, 2.24) is 0 Å². The normalized spacial score (nSPS) is 23.6. The molecule has 0 saturated carbocycles. The number of hydrogen-bond donors (Lipinski definition) is 1. The predicted octanol–water partition coefficient (Wildman–Crippen LogP) is 4.48. The molecule has 0 aromatic heterocycles. The smallest absolute Gasteiger partial charge is 0.161 e. The molecule has 1 aromatic rings. The molecule has 0 aliphatic carbocycles. The van der Waals surface area contributed by atoms with Crippen LogP contribution < -0.4 is 5.32 Å². The number of nitrogens with one attached hydrogen (secondary N) is 1. The quantitative estimate of drug-likeness (QED) is 0.826. The lowest BCUT2D eigenvalue weighted by Crippen LogP contribution is -2.29. The van der Waals surface area contributed by atoms with Crippen LogP contribution in [-0.2, 0) is 0 Å². The molecule has 98 valence electrons. The van der Waals surface area contributed by atoms with Crippen LogP contribution >= 0.6 is 23.5 Å². The van der Waals surface area contributed by atoms with Crippen molar-refractivity contribution in [2.24, 2.45) is 4.99 Å². The zero-order valence-electron chi connectivity index (χ0n) is 11.2. The van der Waals surface area contributed by atoms with Gasteiger partial charge in [-0.15, -0.1) is 11.8 Å². The Balaban J connectivity index is 2.08. The van der Waals surface area contributed by atoms with E-state index >= 15 is 0 Å². The Labute approximate surface area is 118 Å². The summed E-state index contributed by atoms with van der Waals surface area (Å²) in [6.45, 7) is 4.45. The molecule has 0 amide bonds. The van der Waals surface area contributed by atoms with Crippen molar-refractivity contribution in [3.8, 4) is 0 Å². The van der Waals surface area contributed by atoms with Crippen LogP contribution in [0.15, 0.2) is 34.2 Å². The summed E-state index contributed by atoms with van der Waals surface area (Å²) < 4.78 is 0. The Kier molecular flexibility index (Phi) is 4.62. The van der Waals surface area contributed by atoms with Crippen LogP contribution in [0.1, 0.15) is 26.7 Å². The summed E-state index contributed by atoms with van der Waals surface area (Å²) in [5, 5.41) is 4.48. The second kappa shape index (κ2) is 6.02. The molecule has 1 unspecified atom stereocenters. The minimum Gasteiger partial charge on any atom is -0.335 e. The molecular weight excluding hydrogens is 260 g/mol. The largest absolute Gasteiger partial charge is 0.335 e. The molecule has 1 aliphatic rings. The average Bonchev–Trinajstić information content (AvgIpc) is 2.40. The molecule has 0 spiro atoms. The molecule has 1 aliphatic heterocycles. The number of nitrogens with zero attached hydrogens (tertiary/aromatic N) is 1. The van der Waals surface area contributed by atoms with Crippen LogP contribution in [0, 0.1) is 0 Å². The minimum atomic E-state index is 0.118. The van der Waals surface area contributed by atoms with Crippen molar-refractivity contribution in [2.45, 2.75) is 37.1 Å². The summed E-state index contributed by atoms with van der Waals surface area (Å²) in [5.74, 6) is 1.15. The Morgan fingerprint density at radius 3 is 2.72 bits per heavy atom. The Hall–Kier alpha value is -0.610. The summed E-state index contributed by atoms with van der Waals surface area (Å²) in [6.07, 6.45) is 4.37. The number of hydrogen-bond acceptors (Lipinski definition) is 4. The SMILES string of the molecule is CCC1(C)CCSC(Nc2ccc(SC)cc2)=N1. The minimum absolute atomic E-state index is 0.118. The van der Waals surface area contributed by atoms with Gasteiger partial charge in [0.1, 0.15) is 0 Å².